The van der Waals surface area contributed by atoms with Gasteiger partial charge < -0.3 is 14.7 Å². The Hall–Kier alpha value is -3.99. The summed E-state index contributed by atoms with van der Waals surface area (Å²) < 4.78 is 35.9. The first kappa shape index (κ1) is 21.5. The Kier molecular flexibility index (Phi) is 4.95. The summed E-state index contributed by atoms with van der Waals surface area (Å²) >= 11 is 0. The smallest absolute Gasteiger partial charge is 0.318 e. The fraction of sp³-hybridized carbons (Fsp3) is 0.296. The predicted molar refractivity (Wildman–Crippen MR) is 129 cm³/mol. The van der Waals surface area contributed by atoms with E-state index in [1.807, 2.05) is 0 Å². The van der Waals surface area contributed by atoms with Gasteiger partial charge in [-0.3, -0.25) is 4.98 Å². The van der Waals surface area contributed by atoms with Crippen LogP contribution in [0.4, 0.5) is 14.6 Å². The zero-order valence-electron chi connectivity index (χ0n) is 19.1. The number of benzene rings is 2. The highest BCUT2D eigenvalue weighted by molar-refractivity contribution is 6.03. The van der Waals surface area contributed by atoms with Gasteiger partial charge in [-0.15, -0.1) is 6.42 Å². The van der Waals surface area contributed by atoms with Gasteiger partial charge in [-0.2, -0.15) is 9.97 Å². The SMILES string of the molecule is C#Cc1c(F)ccc2cc(O)cc(-c3ncc4c(N5CC6CCCC6C5)nc(OC)nc4c3F)c12. The molecular weight excluding hydrogens is 450 g/mol. The molecule has 35 heavy (non-hydrogen) atoms. The molecule has 0 spiro atoms. The Bertz CT molecular complexity index is 1540. The summed E-state index contributed by atoms with van der Waals surface area (Å²) in [7, 11) is 1.44. The number of terminal acetylenes is 1. The molecule has 1 saturated carbocycles. The molecule has 2 atom stereocenters. The highest BCUT2D eigenvalue weighted by atomic mass is 19.1. The quantitative estimate of drug-likeness (QED) is 0.421. The Morgan fingerprint density at radius 1 is 1.14 bits per heavy atom. The number of halogens is 2. The van der Waals surface area contributed by atoms with Crippen molar-refractivity contribution in [2.45, 2.75) is 19.3 Å². The number of phenolic OH excluding ortho intramolecular Hbond substituents is 1. The van der Waals surface area contributed by atoms with Crippen molar-refractivity contribution in [3.05, 3.63) is 47.7 Å². The molecule has 1 aliphatic heterocycles. The van der Waals surface area contributed by atoms with Crippen LogP contribution in [-0.2, 0) is 0 Å². The second-order valence-corrected chi connectivity index (χ2v) is 9.23. The Morgan fingerprint density at radius 2 is 1.91 bits per heavy atom. The summed E-state index contributed by atoms with van der Waals surface area (Å²) in [6, 6.07) is 5.55. The first-order valence-corrected chi connectivity index (χ1v) is 11.6. The van der Waals surface area contributed by atoms with Crippen molar-refractivity contribution >= 4 is 27.5 Å². The van der Waals surface area contributed by atoms with Crippen molar-refractivity contribution in [1.82, 2.24) is 15.0 Å². The normalized spacial score (nSPS) is 19.3. The lowest BCUT2D eigenvalue weighted by molar-refractivity contribution is 0.381. The Morgan fingerprint density at radius 3 is 2.63 bits per heavy atom. The Labute approximate surface area is 200 Å². The van der Waals surface area contributed by atoms with Gasteiger partial charge in [-0.25, -0.2) is 8.78 Å². The lowest BCUT2D eigenvalue weighted by atomic mass is 9.96. The van der Waals surface area contributed by atoms with Gasteiger partial charge in [0.25, 0.3) is 0 Å². The first-order chi connectivity index (χ1) is 17.0. The van der Waals surface area contributed by atoms with E-state index in [0.717, 1.165) is 13.1 Å². The number of nitrogens with zero attached hydrogens (tertiary/aromatic N) is 4. The zero-order valence-corrected chi connectivity index (χ0v) is 19.1. The third-order valence-corrected chi connectivity index (χ3v) is 7.30. The molecule has 2 fully saturated rings. The summed E-state index contributed by atoms with van der Waals surface area (Å²) in [5, 5.41) is 11.6. The number of hydrogen-bond donors (Lipinski definition) is 1. The topological polar surface area (TPSA) is 71.4 Å². The van der Waals surface area contributed by atoms with Crippen LogP contribution in [0.1, 0.15) is 24.8 Å². The average molecular weight is 472 g/mol. The van der Waals surface area contributed by atoms with Crippen molar-refractivity contribution in [3.8, 4) is 35.4 Å². The molecule has 1 saturated heterocycles. The zero-order chi connectivity index (χ0) is 24.3. The van der Waals surface area contributed by atoms with E-state index < -0.39 is 11.6 Å². The largest absolute Gasteiger partial charge is 0.508 e. The van der Waals surface area contributed by atoms with Crippen molar-refractivity contribution in [2.24, 2.45) is 11.8 Å². The van der Waals surface area contributed by atoms with Gasteiger partial charge in [0.15, 0.2) is 5.82 Å². The molecule has 2 aromatic heterocycles. The molecule has 0 bridgehead atoms. The van der Waals surface area contributed by atoms with Crippen LogP contribution in [-0.4, -0.2) is 40.3 Å². The minimum atomic E-state index is -0.719. The van der Waals surface area contributed by atoms with Crippen molar-refractivity contribution in [3.63, 3.8) is 0 Å². The predicted octanol–water partition coefficient (Wildman–Crippen LogP) is 5.06. The number of aromatic hydroxyl groups is 1. The molecule has 8 heteroatoms. The lowest BCUT2D eigenvalue weighted by Gasteiger charge is -2.21. The summed E-state index contributed by atoms with van der Waals surface area (Å²) in [5.41, 5.74) is 0.111. The molecule has 1 aliphatic carbocycles. The van der Waals surface area contributed by atoms with Crippen LogP contribution in [0.5, 0.6) is 11.8 Å². The van der Waals surface area contributed by atoms with E-state index in [-0.39, 0.29) is 34.1 Å². The van der Waals surface area contributed by atoms with Crippen LogP contribution in [0.2, 0.25) is 0 Å². The van der Waals surface area contributed by atoms with E-state index >= 15 is 4.39 Å². The van der Waals surface area contributed by atoms with Gasteiger partial charge in [0, 0.05) is 30.2 Å². The van der Waals surface area contributed by atoms with E-state index in [1.165, 1.54) is 56.8 Å². The van der Waals surface area contributed by atoms with Gasteiger partial charge in [0.1, 0.15) is 28.6 Å². The van der Waals surface area contributed by atoms with Crippen molar-refractivity contribution in [2.75, 3.05) is 25.1 Å². The molecule has 176 valence electrons. The number of phenols is 1. The average Bonchev–Trinajstić information content (AvgIpc) is 3.46. The van der Waals surface area contributed by atoms with Crippen LogP contribution in [0.25, 0.3) is 32.9 Å². The van der Waals surface area contributed by atoms with Gasteiger partial charge in [0.05, 0.1) is 18.1 Å². The molecular formula is C27H22F2N4O2. The molecule has 2 aromatic carbocycles. The van der Waals surface area contributed by atoms with E-state index in [4.69, 9.17) is 11.2 Å². The van der Waals surface area contributed by atoms with Gasteiger partial charge in [0.2, 0.25) is 0 Å². The van der Waals surface area contributed by atoms with E-state index in [0.29, 0.717) is 33.8 Å². The second-order valence-electron chi connectivity index (χ2n) is 9.23. The highest BCUT2D eigenvalue weighted by Crippen LogP contribution is 2.42. The molecule has 1 N–H and O–H groups in total. The number of methoxy groups -OCH3 is 1. The molecule has 0 radical (unpaired) electrons. The lowest BCUT2D eigenvalue weighted by Crippen LogP contribution is -2.22. The van der Waals surface area contributed by atoms with Crippen molar-refractivity contribution < 1.29 is 18.6 Å². The van der Waals surface area contributed by atoms with Crippen LogP contribution in [0, 0.1) is 35.8 Å². The maximum Gasteiger partial charge on any atom is 0.318 e. The van der Waals surface area contributed by atoms with E-state index in [9.17, 15) is 9.50 Å². The number of anilines is 1. The molecule has 4 aromatic rings. The maximum atomic E-state index is 16.1. The summed E-state index contributed by atoms with van der Waals surface area (Å²) in [4.78, 5) is 15.4. The summed E-state index contributed by atoms with van der Waals surface area (Å²) in [5.74, 6) is 2.71. The first-order valence-electron chi connectivity index (χ1n) is 11.6. The number of hydrogen-bond acceptors (Lipinski definition) is 6. The number of ether oxygens (including phenoxy) is 1. The monoisotopic (exact) mass is 472 g/mol. The number of rotatable bonds is 3. The van der Waals surface area contributed by atoms with Crippen LogP contribution < -0.4 is 9.64 Å². The standard InChI is InChI=1S/C27H22F2N4O2/c1-3-18-21(28)8-7-14-9-17(34)10-19(22(14)18)24-23(29)25-20(11-30-24)26(32-27(31-25)35-2)33-12-15-5-4-6-16(15)13-33/h1,7-11,15-16,34H,4-6,12-13H2,2H3. The van der Waals surface area contributed by atoms with E-state index in [1.54, 1.807) is 0 Å². The molecule has 2 unspecified atom stereocenters. The maximum absolute atomic E-state index is 16.1. The fourth-order valence-corrected chi connectivity index (χ4v) is 5.70. The van der Waals surface area contributed by atoms with Gasteiger partial charge in [-0.05, 0) is 48.3 Å². The van der Waals surface area contributed by atoms with Gasteiger partial charge in [-0.1, -0.05) is 18.4 Å². The molecule has 6 rings (SSSR count). The van der Waals surface area contributed by atoms with Crippen LogP contribution >= 0.6 is 0 Å². The second kappa shape index (κ2) is 8.05. The van der Waals surface area contributed by atoms with Crippen LogP contribution in [0.3, 0.4) is 0 Å². The molecule has 6 nitrogen and oxygen atoms in total. The third-order valence-electron chi connectivity index (χ3n) is 7.30. The summed E-state index contributed by atoms with van der Waals surface area (Å²) in [6.07, 6.45) is 10.7. The number of aromatic nitrogens is 3. The van der Waals surface area contributed by atoms with Gasteiger partial charge >= 0.3 is 6.01 Å². The Balaban J connectivity index is 1.58. The third kappa shape index (κ3) is 3.34. The minimum absolute atomic E-state index is 0.0247. The molecule has 2 aliphatic rings. The molecule has 3 heterocycles. The number of pyridine rings is 1. The number of fused-ring (bicyclic) bond motifs is 3. The molecule has 0 amide bonds. The summed E-state index contributed by atoms with van der Waals surface area (Å²) in [6.45, 7) is 1.70. The fourth-order valence-electron chi connectivity index (χ4n) is 5.70. The van der Waals surface area contributed by atoms with Crippen LogP contribution in [0.15, 0.2) is 30.5 Å². The highest BCUT2D eigenvalue weighted by Gasteiger charge is 2.37. The minimum Gasteiger partial charge on any atom is -0.508 e. The van der Waals surface area contributed by atoms with Crippen molar-refractivity contribution in [1.29, 1.82) is 0 Å². The van der Waals surface area contributed by atoms with E-state index in [2.05, 4.69) is 25.8 Å².